The van der Waals surface area contributed by atoms with Gasteiger partial charge >= 0.3 is 0 Å². The Morgan fingerprint density at radius 2 is 1.42 bits per heavy atom. The van der Waals surface area contributed by atoms with Gasteiger partial charge in [-0.2, -0.15) is 0 Å². The number of rotatable bonds is 4. The van der Waals surface area contributed by atoms with E-state index in [1.807, 2.05) is 6.07 Å². The Morgan fingerprint density at radius 3 is 2.08 bits per heavy atom. The van der Waals surface area contributed by atoms with Gasteiger partial charge < -0.3 is 10.6 Å². The Hall–Kier alpha value is -2.65. The summed E-state index contributed by atoms with van der Waals surface area (Å²) in [5, 5.41) is 7.45. The molecule has 1 atom stereocenters. The largest absolute Gasteiger partial charge is 0.352 e. The summed E-state index contributed by atoms with van der Waals surface area (Å²) in [5.74, 6) is 0. The fourth-order valence-electron chi connectivity index (χ4n) is 3.24. The summed E-state index contributed by atoms with van der Waals surface area (Å²) in [4.78, 5) is 0. The molecule has 0 aromatic heterocycles. The molecule has 3 aromatic carbocycles. The Labute approximate surface area is 161 Å². The second kappa shape index (κ2) is 8.15. The molecule has 3 aromatic rings. The lowest BCUT2D eigenvalue weighted by molar-refractivity contribution is 0.762. The second-order valence-corrected chi connectivity index (χ2v) is 7.08. The van der Waals surface area contributed by atoms with Crippen molar-refractivity contribution in [3.8, 4) is 0 Å². The molecule has 0 fully saturated rings. The van der Waals surface area contributed by atoms with Gasteiger partial charge in [0.2, 0.25) is 0 Å². The van der Waals surface area contributed by atoms with E-state index in [1.165, 1.54) is 27.8 Å². The van der Waals surface area contributed by atoms with E-state index >= 15 is 0 Å². The molecular formula is C23H24N2S. The first-order valence-corrected chi connectivity index (χ1v) is 9.20. The standard InChI is InChI=1S/C23H24N2S/c1-16-13-17(2)15-20(14-16)24-23(26)25-22(19-10-5-4-6-11-19)21-12-8-7-9-18(21)3/h4-15,22H,1-3H3,(H2,24,25,26)/t22-/m1/s1. The topological polar surface area (TPSA) is 24.1 Å². The Bertz CT molecular complexity index is 883. The third kappa shape index (κ3) is 4.50. The van der Waals surface area contributed by atoms with Gasteiger partial charge in [-0.15, -0.1) is 0 Å². The number of nitrogens with one attached hydrogen (secondary N) is 2. The highest BCUT2D eigenvalue weighted by Gasteiger charge is 2.17. The monoisotopic (exact) mass is 360 g/mol. The van der Waals surface area contributed by atoms with Crippen LogP contribution in [0.4, 0.5) is 5.69 Å². The maximum atomic E-state index is 5.62. The van der Waals surface area contributed by atoms with Crippen LogP contribution in [0.2, 0.25) is 0 Å². The summed E-state index contributed by atoms with van der Waals surface area (Å²) in [5.41, 5.74) is 7.09. The fraction of sp³-hybridized carbons (Fsp3) is 0.174. The first-order chi connectivity index (χ1) is 12.5. The predicted octanol–water partition coefficient (Wildman–Crippen LogP) is 5.69. The van der Waals surface area contributed by atoms with Crippen LogP contribution in [-0.4, -0.2) is 5.11 Å². The van der Waals surface area contributed by atoms with Gasteiger partial charge in [0.25, 0.3) is 0 Å². The van der Waals surface area contributed by atoms with Crippen molar-refractivity contribution in [2.24, 2.45) is 0 Å². The number of anilines is 1. The van der Waals surface area contributed by atoms with E-state index in [-0.39, 0.29) is 6.04 Å². The molecule has 0 aliphatic carbocycles. The maximum absolute atomic E-state index is 5.62. The van der Waals surface area contributed by atoms with Crippen LogP contribution in [0.25, 0.3) is 0 Å². The average Bonchev–Trinajstić information content (AvgIpc) is 2.60. The predicted molar refractivity (Wildman–Crippen MR) is 115 cm³/mol. The normalized spacial score (nSPS) is 11.7. The van der Waals surface area contributed by atoms with Crippen molar-refractivity contribution in [2.75, 3.05) is 5.32 Å². The second-order valence-electron chi connectivity index (χ2n) is 6.68. The molecule has 0 spiro atoms. The molecule has 0 saturated carbocycles. The first-order valence-electron chi connectivity index (χ1n) is 8.79. The third-order valence-corrected chi connectivity index (χ3v) is 4.61. The molecular weight excluding hydrogens is 336 g/mol. The molecule has 0 bridgehead atoms. The molecule has 26 heavy (non-hydrogen) atoms. The van der Waals surface area contributed by atoms with Gasteiger partial charge in [0.05, 0.1) is 6.04 Å². The lowest BCUT2D eigenvalue weighted by Gasteiger charge is -2.23. The first kappa shape index (κ1) is 18.2. The van der Waals surface area contributed by atoms with Crippen LogP contribution in [0.5, 0.6) is 0 Å². The molecule has 0 radical (unpaired) electrons. The van der Waals surface area contributed by atoms with Crippen LogP contribution >= 0.6 is 12.2 Å². The number of hydrogen-bond acceptors (Lipinski definition) is 1. The van der Waals surface area contributed by atoms with Crippen LogP contribution in [0.3, 0.4) is 0 Å². The summed E-state index contributed by atoms with van der Waals surface area (Å²) in [6.07, 6.45) is 0. The van der Waals surface area contributed by atoms with E-state index in [0.717, 1.165) is 5.69 Å². The van der Waals surface area contributed by atoms with Crippen molar-refractivity contribution in [1.29, 1.82) is 0 Å². The number of aryl methyl sites for hydroxylation is 3. The Kier molecular flexibility index (Phi) is 5.69. The van der Waals surface area contributed by atoms with Crippen LogP contribution in [0.15, 0.2) is 72.8 Å². The highest BCUT2D eigenvalue weighted by molar-refractivity contribution is 7.80. The molecule has 0 aliphatic heterocycles. The number of hydrogen-bond donors (Lipinski definition) is 2. The number of thiocarbonyl (C=S) groups is 1. The summed E-state index contributed by atoms with van der Waals surface area (Å²) in [6.45, 7) is 6.32. The van der Waals surface area contributed by atoms with Crippen molar-refractivity contribution >= 4 is 23.0 Å². The quantitative estimate of drug-likeness (QED) is 0.585. The van der Waals surface area contributed by atoms with E-state index in [4.69, 9.17) is 12.2 Å². The zero-order valence-corrected chi connectivity index (χ0v) is 16.2. The summed E-state index contributed by atoms with van der Waals surface area (Å²) in [7, 11) is 0. The van der Waals surface area contributed by atoms with Crippen LogP contribution < -0.4 is 10.6 Å². The number of benzene rings is 3. The van der Waals surface area contributed by atoms with Gasteiger partial charge in [-0.25, -0.2) is 0 Å². The van der Waals surface area contributed by atoms with E-state index in [2.05, 4.69) is 98.1 Å². The molecule has 2 nitrogen and oxygen atoms in total. The van der Waals surface area contributed by atoms with Gasteiger partial charge in [0.1, 0.15) is 0 Å². The molecule has 0 aliphatic rings. The summed E-state index contributed by atoms with van der Waals surface area (Å²) < 4.78 is 0. The summed E-state index contributed by atoms with van der Waals surface area (Å²) >= 11 is 5.62. The molecule has 0 heterocycles. The smallest absolute Gasteiger partial charge is 0.171 e. The molecule has 2 N–H and O–H groups in total. The minimum absolute atomic E-state index is 0.00306. The van der Waals surface area contributed by atoms with Gasteiger partial charge in [-0.1, -0.05) is 60.7 Å². The van der Waals surface area contributed by atoms with Crippen LogP contribution in [0, 0.1) is 20.8 Å². The van der Waals surface area contributed by atoms with Crippen molar-refractivity contribution in [2.45, 2.75) is 26.8 Å². The zero-order valence-electron chi connectivity index (χ0n) is 15.4. The van der Waals surface area contributed by atoms with Gasteiger partial charge in [-0.05, 0) is 72.9 Å². The molecule has 0 unspecified atom stereocenters. The molecule has 0 amide bonds. The lowest BCUT2D eigenvalue weighted by Crippen LogP contribution is -2.33. The van der Waals surface area contributed by atoms with Crippen LogP contribution in [-0.2, 0) is 0 Å². The van der Waals surface area contributed by atoms with Gasteiger partial charge in [-0.3, -0.25) is 0 Å². The lowest BCUT2D eigenvalue weighted by atomic mass is 9.95. The van der Waals surface area contributed by atoms with E-state index < -0.39 is 0 Å². The van der Waals surface area contributed by atoms with Crippen molar-refractivity contribution in [3.63, 3.8) is 0 Å². The minimum atomic E-state index is 0.00306. The molecule has 0 saturated heterocycles. The summed E-state index contributed by atoms with van der Waals surface area (Å²) in [6, 6.07) is 25.2. The van der Waals surface area contributed by atoms with Crippen molar-refractivity contribution in [3.05, 3.63) is 101 Å². The Morgan fingerprint density at radius 1 is 0.808 bits per heavy atom. The molecule has 3 heteroatoms. The van der Waals surface area contributed by atoms with E-state index in [9.17, 15) is 0 Å². The highest BCUT2D eigenvalue weighted by atomic mass is 32.1. The van der Waals surface area contributed by atoms with Gasteiger partial charge in [0, 0.05) is 5.69 Å². The minimum Gasteiger partial charge on any atom is -0.352 e. The van der Waals surface area contributed by atoms with E-state index in [1.54, 1.807) is 0 Å². The SMILES string of the molecule is Cc1cc(C)cc(NC(=S)N[C@H](c2ccccc2)c2ccccc2C)c1. The zero-order chi connectivity index (χ0) is 18.5. The van der Waals surface area contributed by atoms with Gasteiger partial charge in [0.15, 0.2) is 5.11 Å². The van der Waals surface area contributed by atoms with Crippen molar-refractivity contribution < 1.29 is 0 Å². The molecule has 132 valence electrons. The maximum Gasteiger partial charge on any atom is 0.171 e. The highest BCUT2D eigenvalue weighted by Crippen LogP contribution is 2.25. The Balaban J connectivity index is 1.86. The molecule has 3 rings (SSSR count). The van der Waals surface area contributed by atoms with E-state index in [0.29, 0.717) is 5.11 Å². The third-order valence-electron chi connectivity index (χ3n) is 4.39. The fourth-order valence-corrected chi connectivity index (χ4v) is 3.48. The average molecular weight is 361 g/mol. The van der Waals surface area contributed by atoms with Crippen LogP contribution in [0.1, 0.15) is 33.9 Å². The van der Waals surface area contributed by atoms with Crippen molar-refractivity contribution in [1.82, 2.24) is 5.32 Å².